The molecule has 1 aromatic rings. The molecular formula is C7H8BF2NO2. The average Bonchev–Trinajstić information content (AvgIpc) is 2.09. The van der Waals surface area contributed by atoms with Gasteiger partial charge in [0, 0.05) is 12.5 Å². The van der Waals surface area contributed by atoms with Gasteiger partial charge in [0.1, 0.15) is 0 Å². The van der Waals surface area contributed by atoms with E-state index in [2.05, 4.69) is 5.32 Å². The van der Waals surface area contributed by atoms with Gasteiger partial charge in [0.15, 0.2) is 11.6 Å². The predicted octanol–water partition coefficient (Wildman–Crippen LogP) is -0.314. The fourth-order valence-corrected chi connectivity index (χ4v) is 0.957. The summed E-state index contributed by atoms with van der Waals surface area (Å²) in [6.07, 6.45) is 0. The Balaban J connectivity index is 3.23. The molecule has 0 saturated heterocycles. The second kappa shape index (κ2) is 3.72. The molecule has 0 atom stereocenters. The van der Waals surface area contributed by atoms with Crippen LogP contribution in [0.3, 0.4) is 0 Å². The van der Waals surface area contributed by atoms with Crippen LogP contribution < -0.4 is 10.8 Å². The van der Waals surface area contributed by atoms with E-state index in [4.69, 9.17) is 10.0 Å². The minimum absolute atomic E-state index is 0.0260. The van der Waals surface area contributed by atoms with Crippen LogP contribution in [0.25, 0.3) is 0 Å². The van der Waals surface area contributed by atoms with E-state index in [1.54, 1.807) is 0 Å². The molecule has 0 fully saturated rings. The maximum Gasteiger partial charge on any atom is 0.491 e. The molecule has 0 amide bonds. The number of anilines is 1. The fourth-order valence-electron chi connectivity index (χ4n) is 0.957. The SMILES string of the molecule is CNc1ccc(B(O)O)c(F)c1F. The van der Waals surface area contributed by atoms with E-state index in [-0.39, 0.29) is 5.69 Å². The standard InChI is InChI=1S/C7H8BF2NO2/c1-11-5-3-2-4(8(12)13)6(9)7(5)10/h2-3,11-13H,1H3. The highest BCUT2D eigenvalue weighted by Gasteiger charge is 2.20. The third-order valence-electron chi connectivity index (χ3n) is 1.66. The lowest BCUT2D eigenvalue weighted by Gasteiger charge is -2.06. The number of rotatable bonds is 2. The van der Waals surface area contributed by atoms with Gasteiger partial charge in [0.25, 0.3) is 0 Å². The molecule has 13 heavy (non-hydrogen) atoms. The molecule has 70 valence electrons. The topological polar surface area (TPSA) is 52.5 Å². The van der Waals surface area contributed by atoms with E-state index in [1.165, 1.54) is 13.1 Å². The molecule has 3 nitrogen and oxygen atoms in total. The van der Waals surface area contributed by atoms with Crippen molar-refractivity contribution in [3.05, 3.63) is 23.8 Å². The van der Waals surface area contributed by atoms with Gasteiger partial charge in [-0.25, -0.2) is 8.78 Å². The zero-order valence-electron chi connectivity index (χ0n) is 6.88. The van der Waals surface area contributed by atoms with Gasteiger partial charge in [0.05, 0.1) is 5.69 Å². The predicted molar refractivity (Wildman–Crippen MR) is 45.7 cm³/mol. The molecule has 0 aliphatic rings. The van der Waals surface area contributed by atoms with Crippen LogP contribution in [0.5, 0.6) is 0 Å². The summed E-state index contributed by atoms with van der Waals surface area (Å²) in [7, 11) is -0.562. The Morgan fingerprint density at radius 1 is 1.23 bits per heavy atom. The number of hydrogen-bond acceptors (Lipinski definition) is 3. The Morgan fingerprint density at radius 2 is 1.85 bits per heavy atom. The van der Waals surface area contributed by atoms with Crippen molar-refractivity contribution in [3.8, 4) is 0 Å². The number of hydrogen-bond donors (Lipinski definition) is 3. The van der Waals surface area contributed by atoms with Gasteiger partial charge >= 0.3 is 7.12 Å². The zero-order valence-corrected chi connectivity index (χ0v) is 6.88. The molecule has 0 unspecified atom stereocenters. The van der Waals surface area contributed by atoms with Gasteiger partial charge in [-0.3, -0.25) is 0 Å². The molecule has 0 aromatic heterocycles. The third-order valence-corrected chi connectivity index (χ3v) is 1.66. The minimum Gasteiger partial charge on any atom is -0.423 e. The van der Waals surface area contributed by atoms with Crippen molar-refractivity contribution >= 4 is 18.3 Å². The first kappa shape index (κ1) is 9.95. The molecular weight excluding hydrogens is 179 g/mol. The molecule has 1 rings (SSSR count). The fraction of sp³-hybridized carbons (Fsp3) is 0.143. The summed E-state index contributed by atoms with van der Waals surface area (Å²) < 4.78 is 25.9. The second-order valence-corrected chi connectivity index (χ2v) is 2.45. The summed E-state index contributed by atoms with van der Waals surface area (Å²) >= 11 is 0. The Labute approximate surface area is 74.2 Å². The Bertz CT molecular complexity index is 320. The molecule has 6 heteroatoms. The van der Waals surface area contributed by atoms with Crippen molar-refractivity contribution < 1.29 is 18.8 Å². The summed E-state index contributed by atoms with van der Waals surface area (Å²) in [6.45, 7) is 0. The molecule has 0 bridgehead atoms. The van der Waals surface area contributed by atoms with E-state index < -0.39 is 24.2 Å². The Morgan fingerprint density at radius 3 is 2.31 bits per heavy atom. The van der Waals surface area contributed by atoms with Crippen LogP contribution in [0.15, 0.2) is 12.1 Å². The molecule has 1 aromatic carbocycles. The third kappa shape index (κ3) is 1.79. The van der Waals surface area contributed by atoms with Crippen molar-refractivity contribution in [2.24, 2.45) is 0 Å². The zero-order chi connectivity index (χ0) is 10.0. The van der Waals surface area contributed by atoms with Crippen molar-refractivity contribution in [2.45, 2.75) is 0 Å². The first-order valence-corrected chi connectivity index (χ1v) is 3.59. The number of nitrogens with one attached hydrogen (secondary N) is 1. The van der Waals surface area contributed by atoms with Crippen molar-refractivity contribution in [2.75, 3.05) is 12.4 Å². The van der Waals surface area contributed by atoms with E-state index >= 15 is 0 Å². The van der Waals surface area contributed by atoms with E-state index in [0.717, 1.165) is 6.07 Å². The summed E-state index contributed by atoms with van der Waals surface area (Å²) in [6, 6.07) is 2.34. The lowest BCUT2D eigenvalue weighted by molar-refractivity contribution is 0.420. The van der Waals surface area contributed by atoms with Gasteiger partial charge in [0.2, 0.25) is 0 Å². The van der Waals surface area contributed by atoms with E-state index in [0.29, 0.717) is 0 Å². The van der Waals surface area contributed by atoms with E-state index in [9.17, 15) is 8.78 Å². The summed E-state index contributed by atoms with van der Waals surface area (Å²) in [4.78, 5) is 0. The summed E-state index contributed by atoms with van der Waals surface area (Å²) in [5, 5.41) is 19.7. The second-order valence-electron chi connectivity index (χ2n) is 2.45. The maximum absolute atomic E-state index is 13.0. The largest absolute Gasteiger partial charge is 0.491 e. The van der Waals surface area contributed by atoms with E-state index in [1.807, 2.05) is 0 Å². The van der Waals surface area contributed by atoms with Gasteiger partial charge in [-0.1, -0.05) is 6.07 Å². The monoisotopic (exact) mass is 187 g/mol. The van der Waals surface area contributed by atoms with Crippen LogP contribution in [0.4, 0.5) is 14.5 Å². The van der Waals surface area contributed by atoms with Crippen molar-refractivity contribution in [3.63, 3.8) is 0 Å². The normalized spacial score (nSPS) is 9.92. The number of benzene rings is 1. The molecule has 0 radical (unpaired) electrons. The van der Waals surface area contributed by atoms with Crippen LogP contribution in [0.1, 0.15) is 0 Å². The van der Waals surface area contributed by atoms with Gasteiger partial charge in [-0.15, -0.1) is 0 Å². The molecule has 0 saturated carbocycles. The highest BCUT2D eigenvalue weighted by Crippen LogP contribution is 2.14. The molecule has 0 aliphatic carbocycles. The first-order chi connectivity index (χ1) is 6.07. The van der Waals surface area contributed by atoms with Gasteiger partial charge in [-0.2, -0.15) is 0 Å². The van der Waals surface area contributed by atoms with Gasteiger partial charge in [-0.05, 0) is 6.07 Å². The lowest BCUT2D eigenvalue weighted by Crippen LogP contribution is -2.33. The van der Waals surface area contributed by atoms with Gasteiger partial charge < -0.3 is 15.4 Å². The molecule has 0 spiro atoms. The highest BCUT2D eigenvalue weighted by atomic mass is 19.2. The van der Waals surface area contributed by atoms with Crippen LogP contribution >= 0.6 is 0 Å². The quantitative estimate of drug-likeness (QED) is 0.556. The average molecular weight is 187 g/mol. The minimum atomic E-state index is -2.00. The molecule has 0 heterocycles. The van der Waals surface area contributed by atoms with Crippen molar-refractivity contribution in [1.82, 2.24) is 0 Å². The maximum atomic E-state index is 13.0. The van der Waals surface area contributed by atoms with Crippen LogP contribution in [-0.2, 0) is 0 Å². The summed E-state index contributed by atoms with van der Waals surface area (Å²) in [5.41, 5.74) is -0.501. The summed E-state index contributed by atoms with van der Waals surface area (Å²) in [5.74, 6) is -2.37. The smallest absolute Gasteiger partial charge is 0.423 e. The molecule has 3 N–H and O–H groups in total. The highest BCUT2D eigenvalue weighted by molar-refractivity contribution is 6.58. The van der Waals surface area contributed by atoms with Crippen molar-refractivity contribution in [1.29, 1.82) is 0 Å². The Kier molecular flexibility index (Phi) is 2.85. The molecule has 0 aliphatic heterocycles. The van der Waals surface area contributed by atoms with Crippen LogP contribution in [-0.4, -0.2) is 24.2 Å². The lowest BCUT2D eigenvalue weighted by atomic mass is 9.79. The number of halogens is 2. The van der Waals surface area contributed by atoms with Crippen LogP contribution in [0, 0.1) is 11.6 Å². The van der Waals surface area contributed by atoms with Crippen LogP contribution in [0.2, 0.25) is 0 Å². The Hall–Kier alpha value is -1.14. The first-order valence-electron chi connectivity index (χ1n) is 3.59.